The third kappa shape index (κ3) is 3.49. The van der Waals surface area contributed by atoms with Crippen LogP contribution in [0.1, 0.15) is 27.2 Å². The molecule has 4 rings (SSSR count). The number of aryl methyl sites for hydroxylation is 1. The van der Waals surface area contributed by atoms with E-state index in [0.29, 0.717) is 24.2 Å². The van der Waals surface area contributed by atoms with Gasteiger partial charge in [0.1, 0.15) is 5.58 Å². The number of fused-ring (bicyclic) bond motifs is 2. The van der Waals surface area contributed by atoms with Crippen LogP contribution in [0, 0.1) is 6.92 Å². The van der Waals surface area contributed by atoms with Crippen molar-refractivity contribution < 1.29 is 18.7 Å². The molecule has 27 heavy (non-hydrogen) atoms. The lowest BCUT2D eigenvalue weighted by Gasteiger charge is -2.28. The van der Waals surface area contributed by atoms with Crippen LogP contribution >= 0.6 is 15.9 Å². The van der Waals surface area contributed by atoms with Crippen molar-refractivity contribution >= 4 is 38.8 Å². The first kappa shape index (κ1) is 17.8. The predicted molar refractivity (Wildman–Crippen MR) is 104 cm³/mol. The molecule has 2 heterocycles. The molecule has 0 radical (unpaired) electrons. The molecule has 0 aliphatic carbocycles. The van der Waals surface area contributed by atoms with Gasteiger partial charge in [-0.1, -0.05) is 40.2 Å². The molecule has 2 aromatic carbocycles. The Morgan fingerprint density at radius 2 is 1.96 bits per heavy atom. The van der Waals surface area contributed by atoms with Gasteiger partial charge in [-0.3, -0.25) is 4.79 Å². The highest BCUT2D eigenvalue weighted by atomic mass is 79.9. The normalized spacial score (nSPS) is 13.5. The van der Waals surface area contributed by atoms with Gasteiger partial charge in [-0.2, -0.15) is 0 Å². The van der Waals surface area contributed by atoms with E-state index in [9.17, 15) is 9.59 Å². The van der Waals surface area contributed by atoms with Crippen LogP contribution in [-0.2, 0) is 22.5 Å². The van der Waals surface area contributed by atoms with Crippen LogP contribution in [0.25, 0.3) is 11.0 Å². The second-order valence-electron chi connectivity index (χ2n) is 6.61. The zero-order chi connectivity index (χ0) is 19.0. The number of benzene rings is 2. The highest BCUT2D eigenvalue weighted by Crippen LogP contribution is 2.28. The molecule has 0 N–H and O–H groups in total. The van der Waals surface area contributed by atoms with Crippen molar-refractivity contribution in [3.63, 3.8) is 0 Å². The summed E-state index contributed by atoms with van der Waals surface area (Å²) in [6.45, 7) is 2.69. The Morgan fingerprint density at radius 3 is 2.78 bits per heavy atom. The number of hydrogen-bond acceptors (Lipinski definition) is 4. The Bertz CT molecular complexity index is 1040. The molecule has 1 aliphatic rings. The fourth-order valence-electron chi connectivity index (χ4n) is 3.38. The van der Waals surface area contributed by atoms with E-state index in [1.165, 1.54) is 5.56 Å². The summed E-state index contributed by atoms with van der Waals surface area (Å²) >= 11 is 3.41. The van der Waals surface area contributed by atoms with Crippen molar-refractivity contribution in [1.29, 1.82) is 0 Å². The SMILES string of the molecule is Cc1c(C(=O)OCC(=O)N2CCc3ccccc3C2)oc2ccc(Br)cc12. The minimum atomic E-state index is -0.620. The van der Waals surface area contributed by atoms with Crippen molar-refractivity contribution in [3.05, 3.63) is 69.4 Å². The van der Waals surface area contributed by atoms with Crippen molar-refractivity contribution in [2.75, 3.05) is 13.2 Å². The average Bonchev–Trinajstić information content (AvgIpc) is 3.01. The predicted octanol–water partition coefficient (Wildman–Crippen LogP) is 4.25. The van der Waals surface area contributed by atoms with Crippen molar-refractivity contribution in [1.82, 2.24) is 4.90 Å². The number of nitrogens with zero attached hydrogens (tertiary/aromatic N) is 1. The number of rotatable bonds is 3. The number of furan rings is 1. The highest BCUT2D eigenvalue weighted by molar-refractivity contribution is 9.10. The number of hydrogen-bond donors (Lipinski definition) is 0. The molecule has 1 aromatic heterocycles. The summed E-state index contributed by atoms with van der Waals surface area (Å²) < 4.78 is 11.8. The second kappa shape index (κ2) is 7.19. The molecule has 5 nitrogen and oxygen atoms in total. The third-order valence-corrected chi connectivity index (χ3v) is 5.39. The van der Waals surface area contributed by atoms with Gasteiger partial charge in [0.25, 0.3) is 5.91 Å². The van der Waals surface area contributed by atoms with Crippen LogP contribution in [-0.4, -0.2) is 29.9 Å². The van der Waals surface area contributed by atoms with Gasteiger partial charge in [0.05, 0.1) is 0 Å². The first-order chi connectivity index (χ1) is 13.0. The molecule has 0 spiro atoms. The van der Waals surface area contributed by atoms with E-state index in [-0.39, 0.29) is 18.3 Å². The first-order valence-corrected chi connectivity index (χ1v) is 9.52. The molecule has 3 aromatic rings. The van der Waals surface area contributed by atoms with Crippen LogP contribution in [0.15, 0.2) is 51.4 Å². The van der Waals surface area contributed by atoms with Gasteiger partial charge >= 0.3 is 5.97 Å². The van der Waals surface area contributed by atoms with Crippen LogP contribution in [0.4, 0.5) is 0 Å². The number of amides is 1. The quantitative estimate of drug-likeness (QED) is 0.586. The molecule has 0 atom stereocenters. The van der Waals surface area contributed by atoms with Gasteiger partial charge in [0.15, 0.2) is 6.61 Å². The molecular formula is C21H18BrNO4. The van der Waals surface area contributed by atoms with Crippen LogP contribution in [0.5, 0.6) is 0 Å². The van der Waals surface area contributed by atoms with E-state index in [1.807, 2.05) is 30.3 Å². The van der Waals surface area contributed by atoms with Crippen LogP contribution in [0.3, 0.4) is 0 Å². The van der Waals surface area contributed by atoms with Gasteiger partial charge < -0.3 is 14.1 Å². The number of carbonyl (C=O) groups excluding carboxylic acids is 2. The molecule has 1 amide bonds. The van der Waals surface area contributed by atoms with Crippen LogP contribution < -0.4 is 0 Å². The smallest absolute Gasteiger partial charge is 0.375 e. The van der Waals surface area contributed by atoms with Crippen molar-refractivity contribution in [3.8, 4) is 0 Å². The van der Waals surface area contributed by atoms with Crippen molar-refractivity contribution in [2.45, 2.75) is 19.9 Å². The maximum atomic E-state index is 12.5. The summed E-state index contributed by atoms with van der Waals surface area (Å²) in [6.07, 6.45) is 0.813. The lowest BCUT2D eigenvalue weighted by Crippen LogP contribution is -2.38. The van der Waals surface area contributed by atoms with E-state index in [2.05, 4.69) is 22.0 Å². The third-order valence-electron chi connectivity index (χ3n) is 4.89. The second-order valence-corrected chi connectivity index (χ2v) is 7.52. The molecule has 0 saturated carbocycles. The number of ether oxygens (including phenoxy) is 1. The summed E-state index contributed by atoms with van der Waals surface area (Å²) in [4.78, 5) is 26.6. The minimum absolute atomic E-state index is 0.139. The Kier molecular flexibility index (Phi) is 4.74. The Hall–Kier alpha value is -2.60. The fraction of sp³-hybridized carbons (Fsp3) is 0.238. The van der Waals surface area contributed by atoms with E-state index in [4.69, 9.17) is 9.15 Å². The zero-order valence-corrected chi connectivity index (χ0v) is 16.4. The molecule has 6 heteroatoms. The molecule has 1 aliphatic heterocycles. The Morgan fingerprint density at radius 1 is 1.19 bits per heavy atom. The average molecular weight is 428 g/mol. The highest BCUT2D eigenvalue weighted by Gasteiger charge is 2.24. The lowest BCUT2D eigenvalue weighted by atomic mass is 10.00. The molecule has 0 saturated heterocycles. The maximum absolute atomic E-state index is 12.5. The van der Waals surface area contributed by atoms with E-state index < -0.39 is 5.97 Å². The van der Waals surface area contributed by atoms with Gasteiger partial charge in [0.2, 0.25) is 5.76 Å². The number of carbonyl (C=O) groups is 2. The van der Waals surface area contributed by atoms with Crippen LogP contribution in [0.2, 0.25) is 0 Å². The Balaban J connectivity index is 1.42. The molecular weight excluding hydrogens is 410 g/mol. The molecule has 0 fully saturated rings. The van der Waals surface area contributed by atoms with Crippen molar-refractivity contribution in [2.24, 2.45) is 0 Å². The zero-order valence-electron chi connectivity index (χ0n) is 14.8. The standard InChI is InChI=1S/C21H18BrNO4/c1-13-17-10-16(22)6-7-18(17)27-20(13)21(25)26-12-19(24)23-9-8-14-4-2-3-5-15(14)11-23/h2-7,10H,8-9,11-12H2,1H3. The van der Waals surface area contributed by atoms with E-state index >= 15 is 0 Å². The monoisotopic (exact) mass is 427 g/mol. The van der Waals surface area contributed by atoms with Gasteiger partial charge in [-0.05, 0) is 42.7 Å². The fourth-order valence-corrected chi connectivity index (χ4v) is 3.74. The van der Waals surface area contributed by atoms with E-state index in [1.54, 1.807) is 17.9 Å². The topological polar surface area (TPSA) is 59.8 Å². The first-order valence-electron chi connectivity index (χ1n) is 8.73. The summed E-state index contributed by atoms with van der Waals surface area (Å²) in [5.41, 5.74) is 3.72. The minimum Gasteiger partial charge on any atom is -0.450 e. The summed E-state index contributed by atoms with van der Waals surface area (Å²) in [7, 11) is 0. The molecule has 0 bridgehead atoms. The lowest BCUT2D eigenvalue weighted by molar-refractivity contribution is -0.135. The number of esters is 1. The largest absolute Gasteiger partial charge is 0.450 e. The summed E-state index contributed by atoms with van der Waals surface area (Å²) in [6, 6.07) is 13.6. The molecule has 138 valence electrons. The maximum Gasteiger partial charge on any atom is 0.375 e. The Labute approximate surface area is 165 Å². The number of halogens is 1. The van der Waals surface area contributed by atoms with Gasteiger partial charge in [-0.15, -0.1) is 0 Å². The van der Waals surface area contributed by atoms with Gasteiger partial charge in [0, 0.05) is 28.5 Å². The molecule has 0 unspecified atom stereocenters. The summed E-state index contributed by atoms with van der Waals surface area (Å²) in [5, 5.41) is 0.843. The van der Waals surface area contributed by atoms with Gasteiger partial charge in [-0.25, -0.2) is 4.79 Å². The summed E-state index contributed by atoms with van der Waals surface area (Å²) in [5.74, 6) is -0.681. The van der Waals surface area contributed by atoms with E-state index in [0.717, 1.165) is 21.8 Å².